The van der Waals surface area contributed by atoms with Gasteiger partial charge >= 0.3 is 5.97 Å². The van der Waals surface area contributed by atoms with Crippen molar-refractivity contribution in [2.45, 2.75) is 44.4 Å². The molecule has 1 fully saturated rings. The van der Waals surface area contributed by atoms with E-state index in [1.54, 1.807) is 6.92 Å². The van der Waals surface area contributed by atoms with Crippen LogP contribution in [0.5, 0.6) is 0 Å². The lowest BCUT2D eigenvalue weighted by Gasteiger charge is -2.16. The van der Waals surface area contributed by atoms with Crippen LogP contribution in [-0.4, -0.2) is 43.8 Å². The first kappa shape index (κ1) is 17.2. The number of carbonyl (C=O) groups is 2. The molecule has 0 bridgehead atoms. The minimum Gasteiger partial charge on any atom is -0.469 e. The lowest BCUT2D eigenvalue weighted by atomic mass is 10.1. The Morgan fingerprint density at radius 3 is 2.67 bits per heavy atom. The molecular weight excluding hydrogens is 260 g/mol. The SMILES string of the molecule is COC(=O)CC(C)NC(=O)[C@@H]1CC[C@H](CN)O1.Cl. The summed E-state index contributed by atoms with van der Waals surface area (Å²) in [6.45, 7) is 2.19. The minimum atomic E-state index is -0.441. The fourth-order valence-electron chi connectivity index (χ4n) is 1.79. The van der Waals surface area contributed by atoms with E-state index in [1.807, 2.05) is 0 Å². The third-order valence-corrected chi connectivity index (χ3v) is 2.75. The van der Waals surface area contributed by atoms with Crippen molar-refractivity contribution in [2.24, 2.45) is 5.73 Å². The monoisotopic (exact) mass is 280 g/mol. The van der Waals surface area contributed by atoms with Crippen LogP contribution < -0.4 is 11.1 Å². The van der Waals surface area contributed by atoms with Gasteiger partial charge < -0.3 is 20.5 Å². The number of nitrogens with one attached hydrogen (secondary N) is 1. The summed E-state index contributed by atoms with van der Waals surface area (Å²) in [5.74, 6) is -0.526. The van der Waals surface area contributed by atoms with Crippen molar-refractivity contribution in [1.82, 2.24) is 5.32 Å². The third kappa shape index (κ3) is 5.20. The Bertz CT molecular complexity index is 288. The Kier molecular flexibility index (Phi) is 7.90. The van der Waals surface area contributed by atoms with Crippen LogP contribution in [0, 0.1) is 0 Å². The molecule has 1 saturated heterocycles. The maximum atomic E-state index is 11.8. The average Bonchev–Trinajstić information content (AvgIpc) is 2.77. The number of nitrogens with two attached hydrogens (primary N) is 1. The quantitative estimate of drug-likeness (QED) is 0.691. The van der Waals surface area contributed by atoms with Gasteiger partial charge in [-0.05, 0) is 19.8 Å². The molecule has 1 amide bonds. The molecule has 0 aromatic rings. The molecule has 7 heteroatoms. The zero-order chi connectivity index (χ0) is 12.8. The fourth-order valence-corrected chi connectivity index (χ4v) is 1.79. The van der Waals surface area contributed by atoms with E-state index in [1.165, 1.54) is 7.11 Å². The lowest BCUT2D eigenvalue weighted by Crippen LogP contribution is -2.41. The highest BCUT2D eigenvalue weighted by atomic mass is 35.5. The van der Waals surface area contributed by atoms with Gasteiger partial charge in [-0.1, -0.05) is 0 Å². The van der Waals surface area contributed by atoms with Crippen molar-refractivity contribution in [2.75, 3.05) is 13.7 Å². The molecule has 0 saturated carbocycles. The smallest absolute Gasteiger partial charge is 0.307 e. The van der Waals surface area contributed by atoms with Crippen LogP contribution in [0.3, 0.4) is 0 Å². The number of halogens is 1. The maximum absolute atomic E-state index is 11.8. The van der Waals surface area contributed by atoms with Gasteiger partial charge in [0.05, 0.1) is 19.6 Å². The van der Waals surface area contributed by atoms with Crippen LogP contribution in [0.25, 0.3) is 0 Å². The van der Waals surface area contributed by atoms with Gasteiger partial charge in [-0.25, -0.2) is 0 Å². The molecule has 18 heavy (non-hydrogen) atoms. The van der Waals surface area contributed by atoms with Crippen LogP contribution in [0.2, 0.25) is 0 Å². The van der Waals surface area contributed by atoms with Crippen molar-refractivity contribution in [3.8, 4) is 0 Å². The molecule has 106 valence electrons. The summed E-state index contributed by atoms with van der Waals surface area (Å²) in [5, 5.41) is 2.73. The topological polar surface area (TPSA) is 90.7 Å². The van der Waals surface area contributed by atoms with E-state index in [9.17, 15) is 9.59 Å². The van der Waals surface area contributed by atoms with E-state index < -0.39 is 6.10 Å². The molecule has 6 nitrogen and oxygen atoms in total. The van der Waals surface area contributed by atoms with Gasteiger partial charge in [0, 0.05) is 12.6 Å². The maximum Gasteiger partial charge on any atom is 0.307 e. The molecule has 1 heterocycles. The Labute approximate surface area is 113 Å². The molecule has 0 radical (unpaired) electrons. The second-order valence-electron chi connectivity index (χ2n) is 4.25. The van der Waals surface area contributed by atoms with Gasteiger partial charge in [0.1, 0.15) is 6.10 Å². The molecule has 0 aromatic heterocycles. The summed E-state index contributed by atoms with van der Waals surface area (Å²) >= 11 is 0. The first-order valence-electron chi connectivity index (χ1n) is 5.79. The van der Waals surface area contributed by atoms with Crippen molar-refractivity contribution in [3.63, 3.8) is 0 Å². The number of hydrogen-bond acceptors (Lipinski definition) is 5. The zero-order valence-electron chi connectivity index (χ0n) is 10.7. The van der Waals surface area contributed by atoms with Gasteiger partial charge in [0.25, 0.3) is 0 Å². The molecule has 0 spiro atoms. The highest BCUT2D eigenvalue weighted by Crippen LogP contribution is 2.19. The highest BCUT2D eigenvalue weighted by Gasteiger charge is 2.30. The molecule has 1 aliphatic heterocycles. The number of amides is 1. The van der Waals surface area contributed by atoms with E-state index in [4.69, 9.17) is 10.5 Å². The predicted octanol–water partition coefficient (Wildman–Crippen LogP) is -0.0177. The zero-order valence-corrected chi connectivity index (χ0v) is 11.5. The van der Waals surface area contributed by atoms with Gasteiger partial charge in [-0.2, -0.15) is 0 Å². The average molecular weight is 281 g/mol. The molecule has 3 atom stereocenters. The Morgan fingerprint density at radius 2 is 2.17 bits per heavy atom. The predicted molar refractivity (Wildman–Crippen MR) is 68.4 cm³/mol. The van der Waals surface area contributed by atoms with E-state index in [-0.39, 0.29) is 42.9 Å². The normalized spacial score (nSPS) is 23.9. The molecular formula is C11H21ClN2O4. The number of carbonyl (C=O) groups excluding carboxylic acids is 2. The lowest BCUT2D eigenvalue weighted by molar-refractivity contribution is -0.141. The van der Waals surface area contributed by atoms with E-state index >= 15 is 0 Å². The van der Waals surface area contributed by atoms with Gasteiger partial charge in [0.15, 0.2) is 0 Å². The Balaban J connectivity index is 0.00000289. The van der Waals surface area contributed by atoms with E-state index in [2.05, 4.69) is 10.1 Å². The fraction of sp³-hybridized carbons (Fsp3) is 0.818. The van der Waals surface area contributed by atoms with Crippen LogP contribution in [0.4, 0.5) is 0 Å². The minimum absolute atomic E-state index is 0. The first-order chi connectivity index (χ1) is 8.06. The van der Waals surface area contributed by atoms with Gasteiger partial charge in [0.2, 0.25) is 5.91 Å². The summed E-state index contributed by atoms with van der Waals surface area (Å²) in [7, 11) is 1.32. The second-order valence-corrected chi connectivity index (χ2v) is 4.25. The highest BCUT2D eigenvalue weighted by molar-refractivity contribution is 5.85. The van der Waals surface area contributed by atoms with Crippen LogP contribution in [0.1, 0.15) is 26.2 Å². The number of methoxy groups -OCH3 is 1. The van der Waals surface area contributed by atoms with Crippen molar-refractivity contribution in [1.29, 1.82) is 0 Å². The van der Waals surface area contributed by atoms with Crippen LogP contribution >= 0.6 is 12.4 Å². The largest absolute Gasteiger partial charge is 0.469 e. The number of esters is 1. The summed E-state index contributed by atoms with van der Waals surface area (Å²) in [6, 6.07) is -0.254. The van der Waals surface area contributed by atoms with Gasteiger partial charge in [-0.15, -0.1) is 12.4 Å². The summed E-state index contributed by atoms with van der Waals surface area (Å²) in [5.41, 5.74) is 5.46. The number of rotatable bonds is 5. The molecule has 1 unspecified atom stereocenters. The van der Waals surface area contributed by atoms with Gasteiger partial charge in [-0.3, -0.25) is 9.59 Å². The second kappa shape index (κ2) is 8.29. The standard InChI is InChI=1S/C11H20N2O4.ClH/c1-7(5-10(14)16-2)13-11(15)9-4-3-8(6-12)17-9;/h7-9H,3-6,12H2,1-2H3,(H,13,15);1H/t7?,8-,9+;/m1./s1. The van der Waals surface area contributed by atoms with E-state index in [0.29, 0.717) is 13.0 Å². The third-order valence-electron chi connectivity index (χ3n) is 2.75. The van der Waals surface area contributed by atoms with Crippen molar-refractivity contribution < 1.29 is 19.1 Å². The molecule has 0 aromatic carbocycles. The summed E-state index contributed by atoms with van der Waals surface area (Å²) in [4.78, 5) is 22.8. The number of hydrogen-bond donors (Lipinski definition) is 2. The summed E-state index contributed by atoms with van der Waals surface area (Å²) in [6.07, 6.45) is 1.18. The first-order valence-corrected chi connectivity index (χ1v) is 5.79. The molecule has 0 aliphatic carbocycles. The van der Waals surface area contributed by atoms with Crippen molar-refractivity contribution >= 4 is 24.3 Å². The van der Waals surface area contributed by atoms with E-state index in [0.717, 1.165) is 6.42 Å². The Hall–Kier alpha value is -0.850. The molecule has 1 rings (SSSR count). The van der Waals surface area contributed by atoms with Crippen LogP contribution in [-0.2, 0) is 19.1 Å². The molecule has 3 N–H and O–H groups in total. The number of ether oxygens (including phenoxy) is 2. The summed E-state index contributed by atoms with van der Waals surface area (Å²) < 4.78 is 9.98. The molecule has 1 aliphatic rings. The Morgan fingerprint density at radius 1 is 1.50 bits per heavy atom. The van der Waals surface area contributed by atoms with Crippen LogP contribution in [0.15, 0.2) is 0 Å². The van der Waals surface area contributed by atoms with Crippen molar-refractivity contribution in [3.05, 3.63) is 0 Å².